The van der Waals surface area contributed by atoms with Gasteiger partial charge in [0.1, 0.15) is 5.69 Å². The summed E-state index contributed by atoms with van der Waals surface area (Å²) in [5, 5.41) is 10.9. The van der Waals surface area contributed by atoms with E-state index < -0.39 is 17.0 Å². The van der Waals surface area contributed by atoms with Crippen LogP contribution in [0.2, 0.25) is 0 Å². The molecule has 1 aliphatic heterocycles. The third kappa shape index (κ3) is 3.89. The van der Waals surface area contributed by atoms with Crippen LogP contribution < -0.4 is 5.73 Å². The van der Waals surface area contributed by atoms with Crippen molar-refractivity contribution in [1.29, 1.82) is 0 Å². The summed E-state index contributed by atoms with van der Waals surface area (Å²) in [7, 11) is 0. The van der Waals surface area contributed by atoms with Crippen LogP contribution in [0.4, 0.5) is 11.4 Å². The number of amides is 1. The third-order valence-electron chi connectivity index (χ3n) is 4.54. The van der Waals surface area contributed by atoms with Crippen LogP contribution in [0.3, 0.4) is 0 Å². The number of nitro groups is 1. The normalized spacial score (nSPS) is 14.2. The summed E-state index contributed by atoms with van der Waals surface area (Å²) in [5.41, 5.74) is 7.35. The summed E-state index contributed by atoms with van der Waals surface area (Å²) < 4.78 is 5.22. The SMILES string of the molecule is C[C@@H](OC(=O)c1ccc(N)c([N+](=O)[O-])c1)C(=O)N1CCc2ccccc2C1. The largest absolute Gasteiger partial charge is 0.449 e. The molecular weight excluding hydrogens is 350 g/mol. The van der Waals surface area contributed by atoms with Crippen molar-refractivity contribution in [3.8, 4) is 0 Å². The molecule has 0 radical (unpaired) electrons. The number of hydrogen-bond acceptors (Lipinski definition) is 6. The van der Waals surface area contributed by atoms with E-state index in [4.69, 9.17) is 10.5 Å². The van der Waals surface area contributed by atoms with Crippen LogP contribution in [-0.2, 0) is 22.5 Å². The molecule has 2 N–H and O–H groups in total. The average Bonchev–Trinajstić information content (AvgIpc) is 2.66. The van der Waals surface area contributed by atoms with Gasteiger partial charge in [-0.15, -0.1) is 0 Å². The van der Waals surface area contributed by atoms with E-state index in [1.165, 1.54) is 24.6 Å². The molecule has 2 aromatic rings. The standard InChI is InChI=1S/C19H19N3O5/c1-12(18(23)21-9-8-13-4-2-3-5-15(13)11-21)27-19(24)14-6-7-16(20)17(10-14)22(25)26/h2-7,10,12H,8-9,11,20H2,1H3/t12-/m1/s1. The highest BCUT2D eigenvalue weighted by molar-refractivity contribution is 5.93. The highest BCUT2D eigenvalue weighted by Crippen LogP contribution is 2.23. The van der Waals surface area contributed by atoms with Crippen LogP contribution in [0, 0.1) is 10.1 Å². The molecule has 8 nitrogen and oxygen atoms in total. The molecule has 0 bridgehead atoms. The molecule has 0 aromatic heterocycles. The Morgan fingerprint density at radius 3 is 2.63 bits per heavy atom. The van der Waals surface area contributed by atoms with Gasteiger partial charge in [0.05, 0.1) is 10.5 Å². The van der Waals surface area contributed by atoms with E-state index in [1.807, 2.05) is 24.3 Å². The molecule has 1 amide bonds. The van der Waals surface area contributed by atoms with Crippen LogP contribution in [0.25, 0.3) is 0 Å². The summed E-state index contributed by atoms with van der Waals surface area (Å²) in [6.45, 7) is 2.50. The number of anilines is 1. The number of esters is 1. The first-order valence-corrected chi connectivity index (χ1v) is 8.47. The van der Waals surface area contributed by atoms with Crippen LogP contribution in [0.5, 0.6) is 0 Å². The minimum Gasteiger partial charge on any atom is -0.449 e. The second-order valence-corrected chi connectivity index (χ2v) is 6.36. The van der Waals surface area contributed by atoms with Crippen LogP contribution >= 0.6 is 0 Å². The van der Waals surface area contributed by atoms with E-state index in [0.717, 1.165) is 18.1 Å². The number of nitro benzene ring substituents is 1. The Balaban J connectivity index is 1.67. The van der Waals surface area contributed by atoms with Gasteiger partial charge in [-0.1, -0.05) is 24.3 Å². The van der Waals surface area contributed by atoms with E-state index in [1.54, 1.807) is 4.90 Å². The number of benzene rings is 2. The molecule has 0 spiro atoms. The van der Waals surface area contributed by atoms with Gasteiger partial charge in [-0.25, -0.2) is 4.79 Å². The molecule has 8 heteroatoms. The number of carbonyl (C=O) groups is 2. The van der Waals surface area contributed by atoms with Gasteiger partial charge in [0, 0.05) is 19.2 Å². The smallest absolute Gasteiger partial charge is 0.339 e. The minimum absolute atomic E-state index is 0.0282. The topological polar surface area (TPSA) is 116 Å². The number of hydrogen-bond donors (Lipinski definition) is 1. The Kier molecular flexibility index (Phi) is 5.07. The Morgan fingerprint density at radius 2 is 1.93 bits per heavy atom. The van der Waals surface area contributed by atoms with Crippen molar-refractivity contribution in [2.75, 3.05) is 12.3 Å². The highest BCUT2D eigenvalue weighted by atomic mass is 16.6. The van der Waals surface area contributed by atoms with Crippen LogP contribution in [-0.4, -0.2) is 34.3 Å². The summed E-state index contributed by atoms with van der Waals surface area (Å²) in [6.07, 6.45) is -0.258. The van der Waals surface area contributed by atoms with E-state index in [-0.39, 0.29) is 22.8 Å². The molecule has 1 atom stereocenters. The second kappa shape index (κ2) is 7.45. The molecule has 0 aliphatic carbocycles. The van der Waals surface area contributed by atoms with Crippen molar-refractivity contribution in [2.45, 2.75) is 26.0 Å². The Hall–Kier alpha value is -3.42. The lowest BCUT2D eigenvalue weighted by Gasteiger charge is -2.30. The molecular formula is C19H19N3O5. The predicted molar refractivity (Wildman–Crippen MR) is 97.9 cm³/mol. The van der Waals surface area contributed by atoms with Crippen molar-refractivity contribution in [3.05, 3.63) is 69.3 Å². The third-order valence-corrected chi connectivity index (χ3v) is 4.54. The molecule has 3 rings (SSSR count). The van der Waals surface area contributed by atoms with Gasteiger partial charge < -0.3 is 15.4 Å². The first kappa shape index (κ1) is 18.4. The minimum atomic E-state index is -1.00. The molecule has 0 unspecified atom stereocenters. The van der Waals surface area contributed by atoms with Gasteiger partial charge in [0.2, 0.25) is 0 Å². The van der Waals surface area contributed by atoms with E-state index in [2.05, 4.69) is 0 Å². The first-order valence-electron chi connectivity index (χ1n) is 8.47. The lowest BCUT2D eigenvalue weighted by Crippen LogP contribution is -2.42. The van der Waals surface area contributed by atoms with Crippen LogP contribution in [0.15, 0.2) is 42.5 Å². The number of nitrogens with two attached hydrogens (primary N) is 1. The van der Waals surface area contributed by atoms with Crippen molar-refractivity contribution in [2.24, 2.45) is 0 Å². The number of carbonyl (C=O) groups excluding carboxylic acids is 2. The van der Waals surface area contributed by atoms with Gasteiger partial charge in [-0.2, -0.15) is 0 Å². The maximum absolute atomic E-state index is 12.6. The molecule has 1 heterocycles. The quantitative estimate of drug-likeness (QED) is 0.383. The number of fused-ring (bicyclic) bond motifs is 1. The van der Waals surface area contributed by atoms with Crippen molar-refractivity contribution in [1.82, 2.24) is 4.90 Å². The molecule has 0 fully saturated rings. The zero-order valence-electron chi connectivity index (χ0n) is 14.8. The fraction of sp³-hybridized carbons (Fsp3) is 0.263. The van der Waals surface area contributed by atoms with Gasteiger partial charge in [-0.05, 0) is 36.6 Å². The van der Waals surface area contributed by atoms with Gasteiger partial charge >= 0.3 is 5.97 Å². The zero-order valence-corrected chi connectivity index (χ0v) is 14.8. The number of rotatable bonds is 4. The zero-order chi connectivity index (χ0) is 19.6. The fourth-order valence-corrected chi connectivity index (χ4v) is 3.05. The average molecular weight is 369 g/mol. The lowest BCUT2D eigenvalue weighted by molar-refractivity contribution is -0.383. The van der Waals surface area contributed by atoms with Crippen molar-refractivity contribution >= 4 is 23.3 Å². The summed E-state index contributed by atoms with van der Waals surface area (Å²) in [6, 6.07) is 11.5. The molecule has 0 saturated carbocycles. The molecule has 27 heavy (non-hydrogen) atoms. The Bertz CT molecular complexity index is 912. The van der Waals surface area contributed by atoms with Gasteiger partial charge in [0.25, 0.3) is 11.6 Å². The van der Waals surface area contributed by atoms with E-state index in [0.29, 0.717) is 13.1 Å². The fourth-order valence-electron chi connectivity index (χ4n) is 3.05. The highest BCUT2D eigenvalue weighted by Gasteiger charge is 2.27. The summed E-state index contributed by atoms with van der Waals surface area (Å²) in [4.78, 5) is 36.8. The first-order chi connectivity index (χ1) is 12.9. The van der Waals surface area contributed by atoms with Crippen molar-refractivity contribution in [3.63, 3.8) is 0 Å². The molecule has 1 aliphatic rings. The van der Waals surface area contributed by atoms with Gasteiger partial charge in [0.15, 0.2) is 6.10 Å². The van der Waals surface area contributed by atoms with Gasteiger partial charge in [-0.3, -0.25) is 14.9 Å². The molecule has 140 valence electrons. The molecule has 0 saturated heterocycles. The van der Waals surface area contributed by atoms with E-state index in [9.17, 15) is 19.7 Å². The maximum Gasteiger partial charge on any atom is 0.339 e. The Labute approximate surface area is 155 Å². The van der Waals surface area contributed by atoms with Crippen molar-refractivity contribution < 1.29 is 19.2 Å². The summed E-state index contributed by atoms with van der Waals surface area (Å²) >= 11 is 0. The van der Waals surface area contributed by atoms with Crippen LogP contribution in [0.1, 0.15) is 28.4 Å². The lowest BCUT2D eigenvalue weighted by atomic mass is 9.99. The second-order valence-electron chi connectivity index (χ2n) is 6.36. The predicted octanol–water partition coefficient (Wildman–Crippen LogP) is 2.31. The number of nitrogens with zero attached hydrogens (tertiary/aromatic N) is 2. The Morgan fingerprint density at radius 1 is 1.22 bits per heavy atom. The summed E-state index contributed by atoms with van der Waals surface area (Å²) in [5.74, 6) is -1.11. The maximum atomic E-state index is 12.6. The number of ether oxygens (including phenoxy) is 1. The number of nitrogen functional groups attached to an aromatic ring is 1. The van der Waals surface area contributed by atoms with E-state index >= 15 is 0 Å². The molecule has 2 aromatic carbocycles. The monoisotopic (exact) mass is 369 g/mol.